The lowest BCUT2D eigenvalue weighted by molar-refractivity contribution is 0.446. The lowest BCUT2D eigenvalue weighted by atomic mass is 10.0. The van der Waals surface area contributed by atoms with E-state index in [0.717, 1.165) is 41.0 Å². The van der Waals surface area contributed by atoms with E-state index in [1.54, 1.807) is 0 Å². The van der Waals surface area contributed by atoms with Gasteiger partial charge >= 0.3 is 0 Å². The third-order valence-electron chi connectivity index (χ3n) is 3.45. The Morgan fingerprint density at radius 1 is 1.18 bits per heavy atom. The molecule has 0 aliphatic heterocycles. The fourth-order valence-electron chi connectivity index (χ4n) is 2.05. The van der Waals surface area contributed by atoms with Crippen LogP contribution in [0.5, 0.6) is 0 Å². The van der Waals surface area contributed by atoms with Gasteiger partial charge in [0.25, 0.3) is 0 Å². The van der Waals surface area contributed by atoms with Crippen LogP contribution in [-0.4, -0.2) is 12.4 Å². The number of alkyl halides is 1. The summed E-state index contributed by atoms with van der Waals surface area (Å²) in [5.74, 6) is 0.745. The minimum Gasteiger partial charge on any atom is -0.312 e. The molecule has 94 valence electrons. The van der Waals surface area contributed by atoms with E-state index < -0.39 is 0 Å². The molecule has 1 fully saturated rings. The molecule has 0 spiro atoms. The first-order valence-electron chi connectivity index (χ1n) is 5.86. The number of benzene rings is 1. The van der Waals surface area contributed by atoms with Crippen molar-refractivity contribution >= 4 is 34.8 Å². The van der Waals surface area contributed by atoms with Crippen LogP contribution in [0, 0.1) is 5.41 Å². The standard InChI is InChI=1S/C13H16Cl3N/c14-7-6-13(4-5-13)9-17-8-10-11(15)2-1-3-12(10)16/h1-3,17H,4-9H2. The molecule has 0 bridgehead atoms. The summed E-state index contributed by atoms with van der Waals surface area (Å²) in [4.78, 5) is 0. The summed E-state index contributed by atoms with van der Waals surface area (Å²) >= 11 is 18.0. The average molecular weight is 293 g/mol. The molecule has 1 aliphatic carbocycles. The molecule has 1 aliphatic rings. The lowest BCUT2D eigenvalue weighted by Gasteiger charge is -2.15. The zero-order chi connectivity index (χ0) is 12.3. The molecule has 1 saturated carbocycles. The zero-order valence-electron chi connectivity index (χ0n) is 9.61. The highest BCUT2D eigenvalue weighted by Crippen LogP contribution is 2.48. The molecule has 0 atom stereocenters. The Morgan fingerprint density at radius 3 is 2.35 bits per heavy atom. The van der Waals surface area contributed by atoms with E-state index >= 15 is 0 Å². The van der Waals surface area contributed by atoms with Crippen molar-refractivity contribution in [3.63, 3.8) is 0 Å². The van der Waals surface area contributed by atoms with Crippen LogP contribution in [0.2, 0.25) is 10.0 Å². The molecule has 17 heavy (non-hydrogen) atoms. The van der Waals surface area contributed by atoms with Crippen molar-refractivity contribution in [3.8, 4) is 0 Å². The predicted octanol–water partition coefficient (Wildman–Crippen LogP) is 4.49. The highest BCUT2D eigenvalue weighted by Gasteiger charge is 2.41. The largest absolute Gasteiger partial charge is 0.312 e. The number of rotatable bonds is 6. The molecule has 1 aromatic rings. The van der Waals surface area contributed by atoms with Crippen LogP contribution in [0.25, 0.3) is 0 Å². The van der Waals surface area contributed by atoms with Crippen LogP contribution in [0.15, 0.2) is 18.2 Å². The van der Waals surface area contributed by atoms with Crippen molar-refractivity contribution in [2.24, 2.45) is 5.41 Å². The van der Waals surface area contributed by atoms with Gasteiger partial charge in [-0.2, -0.15) is 0 Å². The number of nitrogens with one attached hydrogen (secondary N) is 1. The van der Waals surface area contributed by atoms with Gasteiger partial charge in [-0.3, -0.25) is 0 Å². The minimum absolute atomic E-state index is 0.440. The average Bonchev–Trinajstić information content (AvgIpc) is 3.03. The van der Waals surface area contributed by atoms with Crippen molar-refractivity contribution in [1.82, 2.24) is 5.32 Å². The molecule has 0 unspecified atom stereocenters. The first-order valence-corrected chi connectivity index (χ1v) is 7.15. The lowest BCUT2D eigenvalue weighted by Crippen LogP contribution is -2.24. The molecule has 0 amide bonds. The summed E-state index contributed by atoms with van der Waals surface area (Å²) in [5, 5.41) is 4.90. The van der Waals surface area contributed by atoms with E-state index in [-0.39, 0.29) is 0 Å². The molecule has 1 aromatic carbocycles. The maximum atomic E-state index is 6.11. The van der Waals surface area contributed by atoms with Crippen LogP contribution in [0.4, 0.5) is 0 Å². The monoisotopic (exact) mass is 291 g/mol. The van der Waals surface area contributed by atoms with Gasteiger partial charge in [0.1, 0.15) is 0 Å². The van der Waals surface area contributed by atoms with Gasteiger partial charge in [-0.1, -0.05) is 29.3 Å². The molecule has 0 heterocycles. The Hall–Kier alpha value is 0.0500. The molecule has 0 saturated heterocycles. The molecular formula is C13H16Cl3N. The summed E-state index contributed by atoms with van der Waals surface area (Å²) in [6, 6.07) is 5.61. The topological polar surface area (TPSA) is 12.0 Å². The molecule has 4 heteroatoms. The van der Waals surface area contributed by atoms with Gasteiger partial charge in [-0.15, -0.1) is 11.6 Å². The molecule has 1 nitrogen and oxygen atoms in total. The molecule has 1 N–H and O–H groups in total. The second-order valence-corrected chi connectivity index (χ2v) is 5.94. The van der Waals surface area contributed by atoms with Crippen LogP contribution >= 0.6 is 34.8 Å². The van der Waals surface area contributed by atoms with Crippen molar-refractivity contribution in [2.45, 2.75) is 25.8 Å². The predicted molar refractivity (Wildman–Crippen MR) is 75.2 cm³/mol. The molecular weight excluding hydrogens is 277 g/mol. The van der Waals surface area contributed by atoms with Gasteiger partial charge in [-0.25, -0.2) is 0 Å². The van der Waals surface area contributed by atoms with E-state index in [0.29, 0.717) is 5.41 Å². The number of halogens is 3. The van der Waals surface area contributed by atoms with Gasteiger partial charge in [0.05, 0.1) is 0 Å². The SMILES string of the molecule is ClCCC1(CNCc2c(Cl)cccc2Cl)CC1. The van der Waals surface area contributed by atoms with Crippen LogP contribution in [-0.2, 0) is 6.54 Å². The van der Waals surface area contributed by atoms with Gasteiger partial charge in [-0.05, 0) is 36.8 Å². The van der Waals surface area contributed by atoms with Gasteiger partial charge in [0, 0.05) is 34.6 Å². The quantitative estimate of drug-likeness (QED) is 0.762. The van der Waals surface area contributed by atoms with Crippen molar-refractivity contribution in [1.29, 1.82) is 0 Å². The normalized spacial score (nSPS) is 17.1. The van der Waals surface area contributed by atoms with Crippen LogP contribution < -0.4 is 5.32 Å². The highest BCUT2D eigenvalue weighted by molar-refractivity contribution is 6.35. The second kappa shape index (κ2) is 5.79. The Morgan fingerprint density at radius 2 is 1.82 bits per heavy atom. The summed E-state index contributed by atoms with van der Waals surface area (Å²) in [6.07, 6.45) is 3.66. The van der Waals surface area contributed by atoms with Crippen molar-refractivity contribution < 1.29 is 0 Å². The summed E-state index contributed by atoms with van der Waals surface area (Å²) in [5.41, 5.74) is 1.42. The van der Waals surface area contributed by atoms with Gasteiger partial charge in [0.15, 0.2) is 0 Å². The molecule has 0 radical (unpaired) electrons. The van der Waals surface area contributed by atoms with Gasteiger partial charge in [0.2, 0.25) is 0 Å². The maximum absolute atomic E-state index is 6.11. The van der Waals surface area contributed by atoms with E-state index in [9.17, 15) is 0 Å². The third kappa shape index (κ3) is 3.51. The smallest absolute Gasteiger partial charge is 0.0465 e. The first kappa shape index (κ1) is 13.5. The molecule has 2 rings (SSSR count). The number of hydrogen-bond donors (Lipinski definition) is 1. The molecule has 0 aromatic heterocycles. The fraction of sp³-hybridized carbons (Fsp3) is 0.538. The second-order valence-electron chi connectivity index (χ2n) is 4.74. The van der Waals surface area contributed by atoms with E-state index in [1.807, 2.05) is 18.2 Å². The summed E-state index contributed by atoms with van der Waals surface area (Å²) < 4.78 is 0. The first-order chi connectivity index (χ1) is 8.17. The highest BCUT2D eigenvalue weighted by atomic mass is 35.5. The van der Waals surface area contributed by atoms with Crippen LogP contribution in [0.3, 0.4) is 0 Å². The van der Waals surface area contributed by atoms with Crippen LogP contribution in [0.1, 0.15) is 24.8 Å². The third-order valence-corrected chi connectivity index (χ3v) is 4.34. The Bertz CT molecular complexity index is 368. The summed E-state index contributed by atoms with van der Waals surface area (Å²) in [6.45, 7) is 1.73. The minimum atomic E-state index is 0.440. The number of hydrogen-bond acceptors (Lipinski definition) is 1. The van der Waals surface area contributed by atoms with E-state index in [4.69, 9.17) is 34.8 Å². The summed E-state index contributed by atoms with van der Waals surface area (Å²) in [7, 11) is 0. The van der Waals surface area contributed by atoms with E-state index in [1.165, 1.54) is 12.8 Å². The Kier molecular flexibility index (Phi) is 4.59. The van der Waals surface area contributed by atoms with Crippen molar-refractivity contribution in [2.75, 3.05) is 12.4 Å². The Labute approximate surface area is 117 Å². The van der Waals surface area contributed by atoms with Gasteiger partial charge < -0.3 is 5.32 Å². The van der Waals surface area contributed by atoms with E-state index in [2.05, 4.69) is 5.32 Å². The Balaban J connectivity index is 1.86. The maximum Gasteiger partial charge on any atom is 0.0465 e. The van der Waals surface area contributed by atoms with Crippen molar-refractivity contribution in [3.05, 3.63) is 33.8 Å². The fourth-order valence-corrected chi connectivity index (χ4v) is 2.98. The zero-order valence-corrected chi connectivity index (χ0v) is 11.9.